The van der Waals surface area contributed by atoms with E-state index in [9.17, 15) is 0 Å². The number of imidazole rings is 1. The lowest BCUT2D eigenvalue weighted by Gasteiger charge is -2.02. The van der Waals surface area contributed by atoms with Crippen LogP contribution in [0.5, 0.6) is 0 Å². The summed E-state index contributed by atoms with van der Waals surface area (Å²) >= 11 is 12.2. The quantitative estimate of drug-likeness (QED) is 0.528. The molecule has 3 aromatic rings. The number of hydrogen-bond acceptors (Lipinski definition) is 3. The molecule has 0 atom stereocenters. The number of benzene rings is 1. The van der Waals surface area contributed by atoms with Gasteiger partial charge in [-0.3, -0.25) is 4.40 Å². The van der Waals surface area contributed by atoms with E-state index >= 15 is 0 Å². The number of nitrogens with zero attached hydrogens (tertiary/aromatic N) is 4. The van der Waals surface area contributed by atoms with E-state index in [0.717, 1.165) is 11.3 Å². The number of hydrogen-bond donors (Lipinski definition) is 0. The first-order valence-corrected chi connectivity index (χ1v) is 7.65. The Balaban J connectivity index is 2.14. The number of pyridine rings is 1. The first kappa shape index (κ1) is 15.0. The molecular formula is C16H14Cl2N4. The van der Waals surface area contributed by atoms with Gasteiger partial charge in [0.2, 0.25) is 0 Å². The number of aromatic nitrogens is 2. The first-order valence-electron chi connectivity index (χ1n) is 6.90. The lowest BCUT2D eigenvalue weighted by Crippen LogP contribution is -1.87. The van der Waals surface area contributed by atoms with Gasteiger partial charge in [0.25, 0.3) is 0 Å². The standard InChI is InChI=1S/C16H14Cl2N4/c1-10(2)15-16(21-20-13-6-4-3-5-12(13)18)22-9-11(17)7-8-14(22)19-15/h3-10H,1-2H3. The van der Waals surface area contributed by atoms with Crippen molar-refractivity contribution in [1.82, 2.24) is 9.38 Å². The predicted octanol–water partition coefficient (Wildman–Crippen LogP) is 6.18. The number of halogens is 2. The Labute approximate surface area is 138 Å². The second-order valence-electron chi connectivity index (χ2n) is 5.20. The molecule has 0 aliphatic carbocycles. The van der Waals surface area contributed by atoms with Gasteiger partial charge < -0.3 is 0 Å². The summed E-state index contributed by atoms with van der Waals surface area (Å²) < 4.78 is 1.85. The molecule has 3 rings (SSSR count). The first-order chi connectivity index (χ1) is 10.6. The smallest absolute Gasteiger partial charge is 0.183 e. The summed E-state index contributed by atoms with van der Waals surface area (Å²) in [6, 6.07) is 11.0. The molecule has 22 heavy (non-hydrogen) atoms. The Morgan fingerprint density at radius 1 is 1.05 bits per heavy atom. The fourth-order valence-electron chi connectivity index (χ4n) is 2.15. The van der Waals surface area contributed by atoms with Crippen molar-refractivity contribution < 1.29 is 0 Å². The third-order valence-electron chi connectivity index (χ3n) is 3.23. The van der Waals surface area contributed by atoms with Crippen molar-refractivity contribution in [3.8, 4) is 0 Å². The SMILES string of the molecule is CC(C)c1nc2ccc(Cl)cn2c1N=Nc1ccccc1Cl. The van der Waals surface area contributed by atoms with Crippen LogP contribution in [0.15, 0.2) is 52.8 Å². The highest BCUT2D eigenvalue weighted by Crippen LogP contribution is 2.31. The summed E-state index contributed by atoms with van der Waals surface area (Å²) in [4.78, 5) is 4.61. The van der Waals surface area contributed by atoms with Gasteiger partial charge in [-0.25, -0.2) is 4.98 Å². The van der Waals surface area contributed by atoms with Crippen LogP contribution < -0.4 is 0 Å². The molecule has 1 aromatic carbocycles. The van der Waals surface area contributed by atoms with Crippen LogP contribution in [0.25, 0.3) is 5.65 Å². The molecule has 6 heteroatoms. The number of fused-ring (bicyclic) bond motifs is 1. The summed E-state index contributed by atoms with van der Waals surface area (Å²) in [7, 11) is 0. The molecule has 2 aromatic heterocycles. The molecule has 0 fully saturated rings. The minimum absolute atomic E-state index is 0.221. The average molecular weight is 333 g/mol. The van der Waals surface area contributed by atoms with Crippen molar-refractivity contribution in [3.63, 3.8) is 0 Å². The highest BCUT2D eigenvalue weighted by Gasteiger charge is 2.15. The molecule has 0 N–H and O–H groups in total. The van der Waals surface area contributed by atoms with Gasteiger partial charge in [-0.1, -0.05) is 49.2 Å². The van der Waals surface area contributed by atoms with Crippen LogP contribution in [0.1, 0.15) is 25.5 Å². The maximum Gasteiger partial charge on any atom is 0.183 e. The summed E-state index contributed by atoms with van der Waals surface area (Å²) in [6.45, 7) is 4.13. The third kappa shape index (κ3) is 2.85. The lowest BCUT2D eigenvalue weighted by atomic mass is 10.1. The van der Waals surface area contributed by atoms with Crippen LogP contribution >= 0.6 is 23.2 Å². The van der Waals surface area contributed by atoms with E-state index in [4.69, 9.17) is 23.2 Å². The highest BCUT2D eigenvalue weighted by molar-refractivity contribution is 6.32. The molecule has 0 spiro atoms. The molecule has 0 radical (unpaired) electrons. The molecule has 0 unspecified atom stereocenters. The van der Waals surface area contributed by atoms with E-state index in [1.807, 2.05) is 34.7 Å². The van der Waals surface area contributed by atoms with E-state index in [0.29, 0.717) is 21.6 Å². The second-order valence-corrected chi connectivity index (χ2v) is 6.05. The zero-order valence-corrected chi connectivity index (χ0v) is 13.7. The van der Waals surface area contributed by atoms with Crippen LogP contribution in [0, 0.1) is 0 Å². The van der Waals surface area contributed by atoms with Gasteiger partial charge in [-0.05, 0) is 30.2 Å². The zero-order chi connectivity index (χ0) is 15.7. The minimum Gasteiger partial charge on any atom is -0.281 e. The fraction of sp³-hybridized carbons (Fsp3) is 0.188. The molecule has 0 amide bonds. The Kier molecular flexibility index (Phi) is 4.14. The maximum atomic E-state index is 6.11. The van der Waals surface area contributed by atoms with Crippen LogP contribution in [0.2, 0.25) is 10.0 Å². The van der Waals surface area contributed by atoms with Gasteiger partial charge in [0.1, 0.15) is 11.3 Å². The lowest BCUT2D eigenvalue weighted by molar-refractivity contribution is 0.831. The Bertz CT molecular complexity index is 852. The van der Waals surface area contributed by atoms with Crippen molar-refractivity contribution in [2.75, 3.05) is 0 Å². The monoisotopic (exact) mass is 332 g/mol. The number of rotatable bonds is 3. The van der Waals surface area contributed by atoms with E-state index in [1.165, 1.54) is 0 Å². The second kappa shape index (κ2) is 6.07. The minimum atomic E-state index is 0.221. The molecular weight excluding hydrogens is 319 g/mol. The Morgan fingerprint density at radius 2 is 1.82 bits per heavy atom. The summed E-state index contributed by atoms with van der Waals surface area (Å²) in [5, 5.41) is 9.81. The largest absolute Gasteiger partial charge is 0.281 e. The molecule has 0 aliphatic heterocycles. The molecule has 4 nitrogen and oxygen atoms in total. The van der Waals surface area contributed by atoms with Gasteiger partial charge >= 0.3 is 0 Å². The summed E-state index contributed by atoms with van der Waals surface area (Å²) in [5.41, 5.74) is 2.29. The van der Waals surface area contributed by atoms with Crippen LogP contribution in [0.4, 0.5) is 11.5 Å². The van der Waals surface area contributed by atoms with Crippen molar-refractivity contribution in [2.45, 2.75) is 19.8 Å². The molecule has 2 heterocycles. The summed E-state index contributed by atoms with van der Waals surface area (Å²) in [5.74, 6) is 0.895. The summed E-state index contributed by atoms with van der Waals surface area (Å²) in [6.07, 6.45) is 1.79. The third-order valence-corrected chi connectivity index (χ3v) is 3.78. The van der Waals surface area contributed by atoms with Crippen molar-refractivity contribution in [3.05, 3.63) is 58.3 Å². The topological polar surface area (TPSA) is 42.0 Å². The molecule has 0 bridgehead atoms. The maximum absolute atomic E-state index is 6.11. The normalized spacial score (nSPS) is 11.9. The van der Waals surface area contributed by atoms with Crippen LogP contribution in [0.3, 0.4) is 0 Å². The van der Waals surface area contributed by atoms with E-state index in [2.05, 4.69) is 29.1 Å². The zero-order valence-electron chi connectivity index (χ0n) is 12.2. The van der Waals surface area contributed by atoms with E-state index < -0.39 is 0 Å². The van der Waals surface area contributed by atoms with Crippen LogP contribution in [-0.4, -0.2) is 9.38 Å². The molecule has 0 aliphatic rings. The van der Waals surface area contributed by atoms with Gasteiger partial charge in [-0.2, -0.15) is 0 Å². The predicted molar refractivity (Wildman–Crippen MR) is 89.9 cm³/mol. The fourth-order valence-corrected chi connectivity index (χ4v) is 2.48. The Hall–Kier alpha value is -1.91. The molecule has 0 saturated heterocycles. The number of azo groups is 1. The van der Waals surface area contributed by atoms with Crippen LogP contribution in [-0.2, 0) is 0 Å². The van der Waals surface area contributed by atoms with Crippen molar-refractivity contribution in [2.24, 2.45) is 10.2 Å². The van der Waals surface area contributed by atoms with Gasteiger partial charge in [0, 0.05) is 6.20 Å². The van der Waals surface area contributed by atoms with Crippen molar-refractivity contribution in [1.29, 1.82) is 0 Å². The van der Waals surface area contributed by atoms with E-state index in [1.54, 1.807) is 12.3 Å². The van der Waals surface area contributed by atoms with Gasteiger partial charge in [0.15, 0.2) is 5.82 Å². The Morgan fingerprint density at radius 3 is 2.55 bits per heavy atom. The molecule has 0 saturated carbocycles. The van der Waals surface area contributed by atoms with E-state index in [-0.39, 0.29) is 5.92 Å². The van der Waals surface area contributed by atoms with Gasteiger partial charge in [-0.15, -0.1) is 10.2 Å². The van der Waals surface area contributed by atoms with Gasteiger partial charge in [0.05, 0.1) is 15.7 Å². The average Bonchev–Trinajstić information content (AvgIpc) is 2.84. The van der Waals surface area contributed by atoms with Crippen molar-refractivity contribution >= 4 is 40.4 Å². The highest BCUT2D eigenvalue weighted by atomic mass is 35.5. The molecule has 112 valence electrons.